The van der Waals surface area contributed by atoms with E-state index in [0.717, 1.165) is 11.6 Å². The standard InChI is InChI=1S/C14H21N5O3S/c1-10-6-12(17-22-10)16-13(20)7-18-2-4-19(5-3-18)14(21)11-8-23-9-15-11/h6,11,15H,2-5,7-9H2,1H3,(H,16,17,20). The lowest BCUT2D eigenvalue weighted by atomic mass is 10.2. The third kappa shape index (κ3) is 4.24. The molecule has 0 spiro atoms. The first-order valence-electron chi connectivity index (χ1n) is 7.67. The number of rotatable bonds is 4. The monoisotopic (exact) mass is 339 g/mol. The molecule has 2 fully saturated rings. The zero-order chi connectivity index (χ0) is 16.2. The number of nitrogens with one attached hydrogen (secondary N) is 2. The Kier molecular flexibility index (Phi) is 5.19. The lowest BCUT2D eigenvalue weighted by Gasteiger charge is -2.35. The third-order valence-corrected chi connectivity index (χ3v) is 4.90. The number of nitrogens with zero attached hydrogens (tertiary/aromatic N) is 3. The van der Waals surface area contributed by atoms with Gasteiger partial charge in [-0.1, -0.05) is 5.16 Å². The Morgan fingerprint density at radius 1 is 1.43 bits per heavy atom. The van der Waals surface area contributed by atoms with Crippen LogP contribution in [0.2, 0.25) is 0 Å². The number of hydrogen-bond donors (Lipinski definition) is 2. The van der Waals surface area contributed by atoms with E-state index in [9.17, 15) is 9.59 Å². The Bertz CT molecular complexity index is 565. The molecule has 1 unspecified atom stereocenters. The van der Waals surface area contributed by atoms with Crippen LogP contribution >= 0.6 is 11.8 Å². The second kappa shape index (κ2) is 7.33. The van der Waals surface area contributed by atoms with Crippen molar-refractivity contribution in [2.24, 2.45) is 0 Å². The lowest BCUT2D eigenvalue weighted by Crippen LogP contribution is -2.54. The Morgan fingerprint density at radius 3 is 2.83 bits per heavy atom. The molecule has 0 saturated carbocycles. The normalized spacial score (nSPS) is 22.3. The molecule has 2 aliphatic heterocycles. The van der Waals surface area contributed by atoms with E-state index in [1.807, 2.05) is 9.80 Å². The minimum Gasteiger partial charge on any atom is -0.360 e. The van der Waals surface area contributed by atoms with E-state index >= 15 is 0 Å². The molecule has 0 aliphatic carbocycles. The van der Waals surface area contributed by atoms with Gasteiger partial charge in [-0.05, 0) is 6.92 Å². The van der Waals surface area contributed by atoms with Gasteiger partial charge in [0.1, 0.15) is 5.76 Å². The first-order chi connectivity index (χ1) is 11.1. The van der Waals surface area contributed by atoms with Crippen molar-refractivity contribution in [2.75, 3.05) is 49.7 Å². The quantitative estimate of drug-likeness (QED) is 0.780. The zero-order valence-electron chi connectivity index (χ0n) is 13.1. The molecule has 3 rings (SSSR count). The number of piperazine rings is 1. The van der Waals surface area contributed by atoms with Crippen molar-refractivity contribution in [1.29, 1.82) is 0 Å². The van der Waals surface area contributed by atoms with Gasteiger partial charge in [0.2, 0.25) is 11.8 Å². The minimum absolute atomic E-state index is 0.0507. The number of carbonyl (C=O) groups excluding carboxylic acids is 2. The van der Waals surface area contributed by atoms with E-state index < -0.39 is 0 Å². The van der Waals surface area contributed by atoms with E-state index in [1.165, 1.54) is 0 Å². The van der Waals surface area contributed by atoms with Gasteiger partial charge in [-0.25, -0.2) is 0 Å². The van der Waals surface area contributed by atoms with Crippen molar-refractivity contribution >= 4 is 29.4 Å². The smallest absolute Gasteiger partial charge is 0.240 e. The molecule has 9 heteroatoms. The molecule has 0 aromatic carbocycles. The molecular weight excluding hydrogens is 318 g/mol. The summed E-state index contributed by atoms with van der Waals surface area (Å²) in [5.74, 6) is 2.85. The van der Waals surface area contributed by atoms with Crippen LogP contribution in [0.1, 0.15) is 5.76 Å². The van der Waals surface area contributed by atoms with Crippen molar-refractivity contribution in [2.45, 2.75) is 13.0 Å². The molecule has 2 saturated heterocycles. The molecule has 23 heavy (non-hydrogen) atoms. The zero-order valence-corrected chi connectivity index (χ0v) is 13.9. The molecule has 1 aromatic heterocycles. The van der Waals surface area contributed by atoms with Crippen LogP contribution in [0.5, 0.6) is 0 Å². The summed E-state index contributed by atoms with van der Waals surface area (Å²) in [5.41, 5.74) is 0. The van der Waals surface area contributed by atoms with Crippen molar-refractivity contribution in [3.63, 3.8) is 0 Å². The number of aryl methyl sites for hydroxylation is 1. The van der Waals surface area contributed by atoms with E-state index in [0.29, 0.717) is 44.3 Å². The summed E-state index contributed by atoms with van der Waals surface area (Å²) in [7, 11) is 0. The predicted molar refractivity (Wildman–Crippen MR) is 87.1 cm³/mol. The van der Waals surface area contributed by atoms with E-state index in [2.05, 4.69) is 15.8 Å². The SMILES string of the molecule is Cc1cc(NC(=O)CN2CCN(C(=O)C3CSCN3)CC2)no1. The lowest BCUT2D eigenvalue weighted by molar-refractivity contribution is -0.134. The molecule has 1 aromatic rings. The van der Waals surface area contributed by atoms with Crippen molar-refractivity contribution in [3.8, 4) is 0 Å². The maximum Gasteiger partial charge on any atom is 0.240 e. The number of hydrogen-bond acceptors (Lipinski definition) is 7. The molecule has 0 radical (unpaired) electrons. The van der Waals surface area contributed by atoms with Crippen LogP contribution in [0.25, 0.3) is 0 Å². The van der Waals surface area contributed by atoms with Gasteiger partial charge in [-0.2, -0.15) is 0 Å². The van der Waals surface area contributed by atoms with Gasteiger partial charge in [0.05, 0.1) is 12.6 Å². The molecule has 3 heterocycles. The first kappa shape index (κ1) is 16.3. The van der Waals surface area contributed by atoms with Gasteiger partial charge in [0.15, 0.2) is 5.82 Å². The molecule has 2 amide bonds. The van der Waals surface area contributed by atoms with Gasteiger partial charge in [0, 0.05) is 43.9 Å². The van der Waals surface area contributed by atoms with E-state index in [-0.39, 0.29) is 17.9 Å². The fourth-order valence-corrected chi connectivity index (χ4v) is 3.64. The number of carbonyl (C=O) groups is 2. The van der Waals surface area contributed by atoms with Crippen molar-refractivity contribution in [3.05, 3.63) is 11.8 Å². The Morgan fingerprint density at radius 2 is 2.22 bits per heavy atom. The maximum absolute atomic E-state index is 12.3. The highest BCUT2D eigenvalue weighted by Gasteiger charge is 2.29. The summed E-state index contributed by atoms with van der Waals surface area (Å²) in [4.78, 5) is 28.2. The van der Waals surface area contributed by atoms with Crippen LogP contribution in [0, 0.1) is 6.92 Å². The van der Waals surface area contributed by atoms with Crippen molar-refractivity contribution in [1.82, 2.24) is 20.3 Å². The largest absolute Gasteiger partial charge is 0.360 e. The van der Waals surface area contributed by atoms with Gasteiger partial charge in [-0.3, -0.25) is 19.8 Å². The number of aromatic nitrogens is 1. The molecule has 126 valence electrons. The average Bonchev–Trinajstić information content (AvgIpc) is 3.19. The average molecular weight is 339 g/mol. The Balaban J connectivity index is 1.41. The second-order valence-corrected chi connectivity index (χ2v) is 6.77. The Hall–Kier alpha value is -1.58. The fraction of sp³-hybridized carbons (Fsp3) is 0.643. The van der Waals surface area contributed by atoms with Crippen LogP contribution < -0.4 is 10.6 Å². The van der Waals surface area contributed by atoms with Crippen LogP contribution in [0.15, 0.2) is 10.6 Å². The van der Waals surface area contributed by atoms with Gasteiger partial charge >= 0.3 is 0 Å². The van der Waals surface area contributed by atoms with Gasteiger partial charge in [-0.15, -0.1) is 11.8 Å². The van der Waals surface area contributed by atoms with E-state index in [1.54, 1.807) is 24.8 Å². The second-order valence-electron chi connectivity index (χ2n) is 5.74. The number of amides is 2. The van der Waals surface area contributed by atoms with Crippen LogP contribution in [0.3, 0.4) is 0 Å². The summed E-state index contributed by atoms with van der Waals surface area (Å²) in [6.07, 6.45) is 0. The molecule has 8 nitrogen and oxygen atoms in total. The molecule has 0 bridgehead atoms. The fourth-order valence-electron chi connectivity index (χ4n) is 2.71. The maximum atomic E-state index is 12.3. The molecule has 1 atom stereocenters. The van der Waals surface area contributed by atoms with Gasteiger partial charge < -0.3 is 14.7 Å². The third-order valence-electron chi connectivity index (χ3n) is 3.96. The van der Waals surface area contributed by atoms with E-state index in [4.69, 9.17) is 4.52 Å². The van der Waals surface area contributed by atoms with Crippen LogP contribution in [-0.4, -0.2) is 77.2 Å². The van der Waals surface area contributed by atoms with Crippen molar-refractivity contribution < 1.29 is 14.1 Å². The summed E-state index contributed by atoms with van der Waals surface area (Å²) in [5, 5.41) is 9.66. The predicted octanol–water partition coefficient (Wildman–Crippen LogP) is -0.272. The minimum atomic E-state index is -0.119. The summed E-state index contributed by atoms with van der Waals surface area (Å²) in [6, 6.07) is 1.63. The van der Waals surface area contributed by atoms with Crippen LogP contribution in [-0.2, 0) is 9.59 Å². The number of thioether (sulfide) groups is 1. The topological polar surface area (TPSA) is 90.7 Å². The summed E-state index contributed by atoms with van der Waals surface area (Å²) >= 11 is 1.75. The summed E-state index contributed by atoms with van der Waals surface area (Å²) < 4.78 is 4.91. The molecule has 2 aliphatic rings. The highest BCUT2D eigenvalue weighted by molar-refractivity contribution is 7.99. The highest BCUT2D eigenvalue weighted by atomic mass is 32.2. The van der Waals surface area contributed by atoms with Gasteiger partial charge in [0.25, 0.3) is 0 Å². The van der Waals surface area contributed by atoms with Crippen LogP contribution in [0.4, 0.5) is 5.82 Å². The summed E-state index contributed by atoms with van der Waals surface area (Å²) in [6.45, 7) is 4.81. The highest BCUT2D eigenvalue weighted by Crippen LogP contribution is 2.13. The first-order valence-corrected chi connectivity index (χ1v) is 8.83. The number of anilines is 1. The molecular formula is C14H21N5O3S. The Labute approximate surface area is 138 Å². The molecule has 2 N–H and O–H groups in total.